The lowest BCUT2D eigenvalue weighted by Gasteiger charge is -2.17. The fourth-order valence-corrected chi connectivity index (χ4v) is 1.90. The van der Waals surface area contributed by atoms with Crippen LogP contribution in [0.4, 0.5) is 5.82 Å². The van der Waals surface area contributed by atoms with E-state index in [-0.39, 0.29) is 12.1 Å². The fraction of sp³-hybridized carbons (Fsp3) is 0.778. The van der Waals surface area contributed by atoms with Gasteiger partial charge >= 0.3 is 0 Å². The SMILES string of the molecule is CCn1nncc1NC1CCCC1O. The summed E-state index contributed by atoms with van der Waals surface area (Å²) in [4.78, 5) is 0. The fourth-order valence-electron chi connectivity index (χ4n) is 1.90. The molecule has 1 aliphatic carbocycles. The molecule has 78 valence electrons. The van der Waals surface area contributed by atoms with Crippen LogP contribution in [0, 0.1) is 0 Å². The molecular weight excluding hydrogens is 180 g/mol. The lowest BCUT2D eigenvalue weighted by atomic mass is 10.2. The van der Waals surface area contributed by atoms with Crippen LogP contribution in [0.15, 0.2) is 6.20 Å². The number of aliphatic hydroxyl groups excluding tert-OH is 1. The number of aliphatic hydroxyl groups is 1. The van der Waals surface area contributed by atoms with E-state index < -0.39 is 0 Å². The number of hydrogen-bond acceptors (Lipinski definition) is 4. The molecule has 5 nitrogen and oxygen atoms in total. The molecule has 2 unspecified atom stereocenters. The van der Waals surface area contributed by atoms with E-state index in [9.17, 15) is 5.11 Å². The number of nitrogens with zero attached hydrogens (tertiary/aromatic N) is 3. The average molecular weight is 196 g/mol. The molecule has 2 N–H and O–H groups in total. The molecule has 0 saturated heterocycles. The number of hydrogen-bond donors (Lipinski definition) is 2. The molecule has 1 saturated carbocycles. The Bertz CT molecular complexity index is 299. The summed E-state index contributed by atoms with van der Waals surface area (Å²) in [5, 5.41) is 20.7. The van der Waals surface area contributed by atoms with Crippen molar-refractivity contribution in [3.8, 4) is 0 Å². The van der Waals surface area contributed by atoms with E-state index >= 15 is 0 Å². The van der Waals surface area contributed by atoms with Gasteiger partial charge in [0.2, 0.25) is 0 Å². The van der Waals surface area contributed by atoms with E-state index in [2.05, 4.69) is 15.6 Å². The maximum Gasteiger partial charge on any atom is 0.145 e. The Labute approximate surface area is 83.1 Å². The van der Waals surface area contributed by atoms with E-state index in [0.717, 1.165) is 31.6 Å². The first-order chi connectivity index (χ1) is 6.81. The molecular formula is C9H16N4O. The third-order valence-electron chi connectivity index (χ3n) is 2.73. The Morgan fingerprint density at radius 1 is 1.64 bits per heavy atom. The lowest BCUT2D eigenvalue weighted by Crippen LogP contribution is -2.29. The van der Waals surface area contributed by atoms with E-state index in [1.54, 1.807) is 10.9 Å². The molecule has 1 heterocycles. The number of anilines is 1. The first-order valence-electron chi connectivity index (χ1n) is 5.14. The van der Waals surface area contributed by atoms with Crippen molar-refractivity contribution < 1.29 is 5.11 Å². The molecule has 0 bridgehead atoms. The Hall–Kier alpha value is -1.10. The number of nitrogens with one attached hydrogen (secondary N) is 1. The van der Waals surface area contributed by atoms with E-state index in [0.29, 0.717) is 0 Å². The molecule has 2 atom stereocenters. The van der Waals surface area contributed by atoms with Crippen LogP contribution in [0.25, 0.3) is 0 Å². The zero-order valence-electron chi connectivity index (χ0n) is 8.35. The van der Waals surface area contributed by atoms with Crippen molar-refractivity contribution in [2.45, 2.75) is 44.9 Å². The molecule has 0 amide bonds. The van der Waals surface area contributed by atoms with Gasteiger partial charge in [0.25, 0.3) is 0 Å². The predicted molar refractivity (Wildman–Crippen MR) is 53.0 cm³/mol. The van der Waals surface area contributed by atoms with Crippen LogP contribution in [0.1, 0.15) is 26.2 Å². The van der Waals surface area contributed by atoms with E-state index in [1.807, 2.05) is 6.92 Å². The third kappa shape index (κ3) is 1.72. The second-order valence-corrected chi connectivity index (χ2v) is 3.68. The summed E-state index contributed by atoms with van der Waals surface area (Å²) >= 11 is 0. The monoisotopic (exact) mass is 196 g/mol. The van der Waals surface area contributed by atoms with Gasteiger partial charge in [-0.25, -0.2) is 4.68 Å². The number of rotatable bonds is 3. The van der Waals surface area contributed by atoms with Gasteiger partial charge in [0.1, 0.15) is 5.82 Å². The van der Waals surface area contributed by atoms with Crippen LogP contribution in [0.3, 0.4) is 0 Å². The van der Waals surface area contributed by atoms with Crippen molar-refractivity contribution in [3.05, 3.63) is 6.20 Å². The van der Waals surface area contributed by atoms with Crippen molar-refractivity contribution in [1.29, 1.82) is 0 Å². The first kappa shape index (κ1) is 9.45. The Morgan fingerprint density at radius 3 is 3.14 bits per heavy atom. The second kappa shape index (κ2) is 3.96. The first-order valence-corrected chi connectivity index (χ1v) is 5.14. The van der Waals surface area contributed by atoms with Crippen molar-refractivity contribution in [3.63, 3.8) is 0 Å². The molecule has 0 radical (unpaired) electrons. The summed E-state index contributed by atoms with van der Waals surface area (Å²) in [5.41, 5.74) is 0. The van der Waals surface area contributed by atoms with Crippen LogP contribution < -0.4 is 5.32 Å². The molecule has 2 rings (SSSR count). The standard InChI is InChI=1S/C9H16N4O/c1-2-13-9(6-10-12-13)11-7-4-3-5-8(7)14/h6-8,11,14H,2-5H2,1H3. The normalized spacial score (nSPS) is 26.7. The van der Waals surface area contributed by atoms with E-state index in [4.69, 9.17) is 0 Å². The van der Waals surface area contributed by atoms with Crippen LogP contribution in [0.2, 0.25) is 0 Å². The lowest BCUT2D eigenvalue weighted by molar-refractivity contribution is 0.171. The summed E-state index contributed by atoms with van der Waals surface area (Å²) in [6.45, 7) is 2.82. The highest BCUT2D eigenvalue weighted by Crippen LogP contribution is 2.22. The largest absolute Gasteiger partial charge is 0.391 e. The molecule has 14 heavy (non-hydrogen) atoms. The van der Waals surface area contributed by atoms with Gasteiger partial charge in [-0.2, -0.15) is 0 Å². The van der Waals surface area contributed by atoms with Gasteiger partial charge in [0, 0.05) is 6.54 Å². The Balaban J connectivity index is 2.02. The summed E-state index contributed by atoms with van der Waals surface area (Å²) < 4.78 is 1.80. The Kier molecular flexibility index (Phi) is 2.67. The van der Waals surface area contributed by atoms with Gasteiger partial charge in [-0.05, 0) is 26.2 Å². The summed E-state index contributed by atoms with van der Waals surface area (Å²) in [6, 6.07) is 0.166. The van der Waals surface area contributed by atoms with Gasteiger partial charge in [0.05, 0.1) is 18.3 Å². The summed E-state index contributed by atoms with van der Waals surface area (Å²) in [7, 11) is 0. The van der Waals surface area contributed by atoms with Crippen molar-refractivity contribution in [2.24, 2.45) is 0 Å². The summed E-state index contributed by atoms with van der Waals surface area (Å²) in [6.07, 6.45) is 4.48. The van der Waals surface area contributed by atoms with Gasteiger partial charge in [-0.3, -0.25) is 0 Å². The van der Waals surface area contributed by atoms with Crippen molar-refractivity contribution >= 4 is 5.82 Å². The Morgan fingerprint density at radius 2 is 2.50 bits per heavy atom. The second-order valence-electron chi connectivity index (χ2n) is 3.68. The molecule has 0 aliphatic heterocycles. The number of aryl methyl sites for hydroxylation is 1. The smallest absolute Gasteiger partial charge is 0.145 e. The molecule has 1 fully saturated rings. The zero-order chi connectivity index (χ0) is 9.97. The maximum atomic E-state index is 9.64. The molecule has 1 aromatic rings. The minimum Gasteiger partial charge on any atom is -0.391 e. The van der Waals surface area contributed by atoms with Crippen LogP contribution >= 0.6 is 0 Å². The highest BCUT2D eigenvalue weighted by atomic mass is 16.3. The molecule has 0 spiro atoms. The van der Waals surface area contributed by atoms with Crippen molar-refractivity contribution in [1.82, 2.24) is 15.0 Å². The quantitative estimate of drug-likeness (QED) is 0.744. The topological polar surface area (TPSA) is 63.0 Å². The van der Waals surface area contributed by atoms with Crippen LogP contribution in [0.5, 0.6) is 0 Å². The van der Waals surface area contributed by atoms with E-state index in [1.165, 1.54) is 0 Å². The molecule has 1 aliphatic rings. The zero-order valence-corrected chi connectivity index (χ0v) is 8.35. The molecule has 0 aromatic carbocycles. The molecule has 5 heteroatoms. The highest BCUT2D eigenvalue weighted by Gasteiger charge is 2.25. The third-order valence-corrected chi connectivity index (χ3v) is 2.73. The molecule has 1 aromatic heterocycles. The highest BCUT2D eigenvalue weighted by molar-refractivity contribution is 5.33. The van der Waals surface area contributed by atoms with Crippen molar-refractivity contribution in [2.75, 3.05) is 5.32 Å². The minimum atomic E-state index is -0.227. The van der Waals surface area contributed by atoms with Crippen LogP contribution in [-0.2, 0) is 6.54 Å². The van der Waals surface area contributed by atoms with Gasteiger partial charge in [-0.15, -0.1) is 5.10 Å². The predicted octanol–water partition coefficient (Wildman–Crippen LogP) is 0.623. The van der Waals surface area contributed by atoms with Gasteiger partial charge in [-0.1, -0.05) is 5.21 Å². The van der Waals surface area contributed by atoms with Crippen LogP contribution in [-0.4, -0.2) is 32.2 Å². The average Bonchev–Trinajstić information content (AvgIpc) is 2.77. The van der Waals surface area contributed by atoms with Gasteiger partial charge < -0.3 is 10.4 Å². The van der Waals surface area contributed by atoms with Gasteiger partial charge in [0.15, 0.2) is 0 Å². The maximum absolute atomic E-state index is 9.64. The summed E-state index contributed by atoms with van der Waals surface area (Å²) in [5.74, 6) is 0.901. The minimum absolute atomic E-state index is 0.166. The number of aromatic nitrogens is 3.